The van der Waals surface area contributed by atoms with Crippen molar-refractivity contribution in [1.29, 1.82) is 0 Å². The van der Waals surface area contributed by atoms with E-state index in [1.807, 2.05) is 67.6 Å². The summed E-state index contributed by atoms with van der Waals surface area (Å²) in [6.07, 6.45) is 1.84. The number of ether oxygens (including phenoxy) is 1. The Labute approximate surface area is 205 Å². The molecule has 1 aliphatic rings. The van der Waals surface area contributed by atoms with Gasteiger partial charge in [0, 0.05) is 25.7 Å². The van der Waals surface area contributed by atoms with Gasteiger partial charge in [0.1, 0.15) is 11.6 Å². The topological polar surface area (TPSA) is 50.5 Å². The molecule has 0 unspecified atom stereocenters. The van der Waals surface area contributed by atoms with E-state index >= 15 is 0 Å². The molecule has 5 rings (SSSR count). The van der Waals surface area contributed by atoms with Crippen LogP contribution in [-0.4, -0.2) is 32.9 Å². The molecule has 0 aliphatic heterocycles. The zero-order valence-corrected chi connectivity index (χ0v) is 19.8. The third kappa shape index (κ3) is 5.78. The highest BCUT2D eigenvalue weighted by atomic mass is 19.1. The van der Waals surface area contributed by atoms with Gasteiger partial charge in [-0.1, -0.05) is 54.6 Å². The highest BCUT2D eigenvalue weighted by Gasteiger charge is 2.28. The summed E-state index contributed by atoms with van der Waals surface area (Å²) in [5.41, 5.74) is 3.54. The van der Waals surface area contributed by atoms with Gasteiger partial charge in [-0.2, -0.15) is 5.10 Å². The van der Waals surface area contributed by atoms with Crippen LogP contribution in [0.4, 0.5) is 4.39 Å². The monoisotopic (exact) mass is 471 g/mol. The van der Waals surface area contributed by atoms with E-state index in [2.05, 4.69) is 4.90 Å². The van der Waals surface area contributed by atoms with E-state index in [0.29, 0.717) is 30.6 Å². The van der Waals surface area contributed by atoms with E-state index in [-0.39, 0.29) is 5.82 Å². The van der Waals surface area contributed by atoms with Gasteiger partial charge in [-0.3, -0.25) is 4.90 Å². The molecule has 1 heterocycles. The van der Waals surface area contributed by atoms with Gasteiger partial charge < -0.3 is 9.84 Å². The number of aromatic nitrogens is 2. The lowest BCUT2D eigenvalue weighted by molar-refractivity contribution is 0.105. The summed E-state index contributed by atoms with van der Waals surface area (Å²) in [4.78, 5) is 2.28. The second-order valence-electron chi connectivity index (χ2n) is 9.24. The normalized spacial score (nSPS) is 14.3. The molecule has 1 aromatic heterocycles. The third-order valence-corrected chi connectivity index (χ3v) is 6.36. The van der Waals surface area contributed by atoms with Gasteiger partial charge in [0.2, 0.25) is 5.88 Å². The Kier molecular flexibility index (Phi) is 6.93. The lowest BCUT2D eigenvalue weighted by atomic mass is 10.1. The number of halogens is 1. The maximum absolute atomic E-state index is 13.9. The molecule has 0 amide bonds. The molecule has 0 radical (unpaired) electrons. The Morgan fingerprint density at radius 1 is 1.03 bits per heavy atom. The third-order valence-electron chi connectivity index (χ3n) is 6.36. The predicted molar refractivity (Wildman–Crippen MR) is 134 cm³/mol. The van der Waals surface area contributed by atoms with Crippen molar-refractivity contribution in [2.45, 2.75) is 32.4 Å². The van der Waals surface area contributed by atoms with Crippen molar-refractivity contribution >= 4 is 0 Å². The Bertz CT molecular complexity index is 1260. The van der Waals surface area contributed by atoms with Crippen LogP contribution in [0.2, 0.25) is 0 Å². The maximum atomic E-state index is 13.9. The molecule has 3 aromatic carbocycles. The number of aryl methyl sites for hydroxylation is 1. The fraction of sp³-hybridized carbons (Fsp3) is 0.276. The van der Waals surface area contributed by atoms with E-state index in [4.69, 9.17) is 9.84 Å². The molecule has 1 aliphatic carbocycles. The standard InChI is InChI=1S/C29H30FN3O2/c1-21-27(19-32(18-22-15-16-22)20-28(34)23-9-4-2-5-10-23)29(35-26-14-8-11-24(30)17-26)33(31-21)25-12-6-3-7-13-25/h2-14,17,22,28,34H,15-16,18-20H2,1H3/t28-/m1/s1. The molecular formula is C29H30FN3O2. The quantitative estimate of drug-likeness (QED) is 0.306. The number of aliphatic hydroxyl groups is 1. The van der Waals surface area contributed by atoms with Gasteiger partial charge in [0.05, 0.1) is 23.0 Å². The van der Waals surface area contributed by atoms with Crippen LogP contribution in [-0.2, 0) is 6.54 Å². The lowest BCUT2D eigenvalue weighted by Crippen LogP contribution is -2.30. The van der Waals surface area contributed by atoms with Crippen molar-refractivity contribution in [2.75, 3.05) is 13.1 Å². The van der Waals surface area contributed by atoms with Crippen LogP contribution in [0.1, 0.15) is 35.8 Å². The van der Waals surface area contributed by atoms with Crippen molar-refractivity contribution in [2.24, 2.45) is 5.92 Å². The average Bonchev–Trinajstić information content (AvgIpc) is 3.64. The number of benzene rings is 3. The minimum atomic E-state index is -0.591. The Morgan fingerprint density at radius 2 is 1.74 bits per heavy atom. The highest BCUT2D eigenvalue weighted by Crippen LogP contribution is 2.35. The molecule has 0 saturated heterocycles. The predicted octanol–water partition coefficient (Wildman–Crippen LogP) is 6.06. The number of rotatable bonds is 10. The molecule has 1 atom stereocenters. The molecule has 1 fully saturated rings. The minimum absolute atomic E-state index is 0.354. The molecule has 0 bridgehead atoms. The van der Waals surface area contributed by atoms with Gasteiger partial charge in [-0.05, 0) is 55.5 Å². The average molecular weight is 472 g/mol. The first-order chi connectivity index (χ1) is 17.1. The van der Waals surface area contributed by atoms with Gasteiger partial charge in [-0.15, -0.1) is 0 Å². The molecule has 4 aromatic rings. The van der Waals surface area contributed by atoms with Crippen molar-refractivity contribution in [3.05, 3.63) is 108 Å². The van der Waals surface area contributed by atoms with E-state index in [0.717, 1.165) is 29.1 Å². The van der Waals surface area contributed by atoms with Crippen LogP contribution in [0.25, 0.3) is 5.69 Å². The number of para-hydroxylation sites is 1. The Hall–Kier alpha value is -3.48. The van der Waals surface area contributed by atoms with Gasteiger partial charge >= 0.3 is 0 Å². The lowest BCUT2D eigenvalue weighted by Gasteiger charge is -2.25. The number of hydrogen-bond acceptors (Lipinski definition) is 4. The summed E-state index contributed by atoms with van der Waals surface area (Å²) in [6.45, 7) is 3.95. The summed E-state index contributed by atoms with van der Waals surface area (Å²) in [6, 6.07) is 25.7. The molecule has 5 nitrogen and oxygen atoms in total. The Morgan fingerprint density at radius 3 is 2.43 bits per heavy atom. The van der Waals surface area contributed by atoms with Crippen LogP contribution in [0.5, 0.6) is 11.6 Å². The van der Waals surface area contributed by atoms with Crippen LogP contribution >= 0.6 is 0 Å². The summed E-state index contributed by atoms with van der Waals surface area (Å²) in [7, 11) is 0. The second-order valence-corrected chi connectivity index (χ2v) is 9.24. The van der Waals surface area contributed by atoms with E-state index < -0.39 is 6.10 Å². The van der Waals surface area contributed by atoms with Crippen molar-refractivity contribution in [3.63, 3.8) is 0 Å². The zero-order chi connectivity index (χ0) is 24.2. The molecule has 180 valence electrons. The van der Waals surface area contributed by atoms with Crippen LogP contribution in [0.3, 0.4) is 0 Å². The summed E-state index contributed by atoms with van der Waals surface area (Å²) in [5.74, 6) is 1.28. The molecule has 1 N–H and O–H groups in total. The summed E-state index contributed by atoms with van der Waals surface area (Å²) in [5, 5.41) is 15.7. The van der Waals surface area contributed by atoms with E-state index in [1.54, 1.807) is 16.8 Å². The van der Waals surface area contributed by atoms with Crippen molar-refractivity contribution in [3.8, 4) is 17.3 Å². The summed E-state index contributed by atoms with van der Waals surface area (Å²) < 4.78 is 22.0. The van der Waals surface area contributed by atoms with Crippen molar-refractivity contribution < 1.29 is 14.2 Å². The first kappa shape index (κ1) is 23.3. The number of hydrogen-bond donors (Lipinski definition) is 1. The molecule has 35 heavy (non-hydrogen) atoms. The fourth-order valence-electron chi connectivity index (χ4n) is 4.33. The van der Waals surface area contributed by atoms with E-state index in [1.165, 1.54) is 25.0 Å². The smallest absolute Gasteiger partial charge is 0.227 e. The van der Waals surface area contributed by atoms with Crippen molar-refractivity contribution in [1.82, 2.24) is 14.7 Å². The summed E-state index contributed by atoms with van der Waals surface area (Å²) >= 11 is 0. The maximum Gasteiger partial charge on any atom is 0.227 e. The largest absolute Gasteiger partial charge is 0.438 e. The zero-order valence-electron chi connectivity index (χ0n) is 19.8. The van der Waals surface area contributed by atoms with Gasteiger partial charge in [0.25, 0.3) is 0 Å². The van der Waals surface area contributed by atoms with Gasteiger partial charge in [0.15, 0.2) is 0 Å². The van der Waals surface area contributed by atoms with Gasteiger partial charge in [-0.25, -0.2) is 9.07 Å². The van der Waals surface area contributed by atoms with Crippen LogP contribution in [0.15, 0.2) is 84.9 Å². The van der Waals surface area contributed by atoms with Crippen LogP contribution in [0, 0.1) is 18.7 Å². The number of nitrogens with zero attached hydrogens (tertiary/aromatic N) is 3. The molecular weight excluding hydrogens is 441 g/mol. The molecule has 1 saturated carbocycles. The molecule has 0 spiro atoms. The first-order valence-corrected chi connectivity index (χ1v) is 12.1. The number of aliphatic hydroxyl groups excluding tert-OH is 1. The highest BCUT2D eigenvalue weighted by molar-refractivity contribution is 5.43. The minimum Gasteiger partial charge on any atom is -0.438 e. The molecule has 6 heteroatoms. The SMILES string of the molecule is Cc1nn(-c2ccccc2)c(Oc2cccc(F)c2)c1CN(CC1CC1)C[C@@H](O)c1ccccc1. The van der Waals surface area contributed by atoms with Crippen LogP contribution < -0.4 is 4.74 Å². The fourth-order valence-corrected chi connectivity index (χ4v) is 4.33. The Balaban J connectivity index is 1.48. The second kappa shape index (κ2) is 10.4. The van der Waals surface area contributed by atoms with E-state index in [9.17, 15) is 9.50 Å². The first-order valence-electron chi connectivity index (χ1n) is 12.1.